The van der Waals surface area contributed by atoms with Crippen molar-refractivity contribution in [2.45, 2.75) is 39.3 Å². The number of aromatic nitrogens is 1. The molecular formula is C15H23N3O2. The quantitative estimate of drug-likeness (QED) is 0.855. The molecule has 1 atom stereocenters. The van der Waals surface area contributed by atoms with Crippen LogP contribution < -0.4 is 5.32 Å². The number of nitrogens with zero attached hydrogens (tertiary/aromatic N) is 2. The molecule has 1 aliphatic rings. The van der Waals surface area contributed by atoms with Gasteiger partial charge in [0.15, 0.2) is 0 Å². The zero-order valence-electron chi connectivity index (χ0n) is 12.6. The molecule has 1 N–H and O–H groups in total. The van der Waals surface area contributed by atoms with Crippen LogP contribution in [0.2, 0.25) is 0 Å². The molecule has 0 saturated carbocycles. The number of aryl methyl sites for hydroxylation is 1. The molecule has 1 unspecified atom stereocenters. The van der Waals surface area contributed by atoms with E-state index in [9.17, 15) is 4.79 Å². The summed E-state index contributed by atoms with van der Waals surface area (Å²) in [6.45, 7) is 9.86. The minimum absolute atomic E-state index is 0.0210. The minimum atomic E-state index is -0.476. The van der Waals surface area contributed by atoms with Crippen molar-refractivity contribution in [2.24, 2.45) is 0 Å². The van der Waals surface area contributed by atoms with E-state index >= 15 is 0 Å². The van der Waals surface area contributed by atoms with Gasteiger partial charge in [-0.2, -0.15) is 0 Å². The first-order chi connectivity index (χ1) is 9.38. The molecule has 110 valence electrons. The van der Waals surface area contributed by atoms with Gasteiger partial charge in [0.1, 0.15) is 5.60 Å². The molecule has 0 spiro atoms. The van der Waals surface area contributed by atoms with Gasteiger partial charge in [0.2, 0.25) is 0 Å². The smallest absolute Gasteiger partial charge is 0.410 e. The number of hydrogen-bond acceptors (Lipinski definition) is 4. The molecule has 2 rings (SSSR count). The van der Waals surface area contributed by atoms with Crippen LogP contribution in [-0.2, 0) is 4.74 Å². The van der Waals surface area contributed by atoms with E-state index in [0.717, 1.165) is 24.2 Å². The molecule has 1 aromatic rings. The molecule has 5 heteroatoms. The van der Waals surface area contributed by atoms with Crippen molar-refractivity contribution < 1.29 is 9.53 Å². The lowest BCUT2D eigenvalue weighted by atomic mass is 10.0. The fraction of sp³-hybridized carbons (Fsp3) is 0.600. The van der Waals surface area contributed by atoms with Gasteiger partial charge in [0.05, 0.1) is 6.04 Å². The summed E-state index contributed by atoms with van der Waals surface area (Å²) in [5, 5.41) is 3.33. The summed E-state index contributed by atoms with van der Waals surface area (Å²) in [6.07, 6.45) is 3.35. The number of amides is 1. The number of ether oxygens (including phenoxy) is 1. The standard InChI is InChI=1S/C15H23N3O2/c1-11-5-6-16-9-12(11)13-10-17-7-8-18(13)14(19)20-15(2,3)4/h5-6,9,13,17H,7-8,10H2,1-4H3. The lowest BCUT2D eigenvalue weighted by Gasteiger charge is -2.37. The second kappa shape index (κ2) is 5.79. The van der Waals surface area contributed by atoms with Crippen molar-refractivity contribution in [3.8, 4) is 0 Å². The highest BCUT2D eigenvalue weighted by atomic mass is 16.6. The molecule has 2 heterocycles. The van der Waals surface area contributed by atoms with Gasteiger partial charge >= 0.3 is 6.09 Å². The Balaban J connectivity index is 2.22. The van der Waals surface area contributed by atoms with Gasteiger partial charge in [-0.05, 0) is 44.9 Å². The SMILES string of the molecule is Cc1ccncc1C1CNCCN1C(=O)OC(C)(C)C. The normalized spacial score (nSPS) is 19.8. The largest absolute Gasteiger partial charge is 0.444 e. The van der Waals surface area contributed by atoms with E-state index in [0.29, 0.717) is 6.54 Å². The van der Waals surface area contributed by atoms with Crippen molar-refractivity contribution in [1.29, 1.82) is 0 Å². The molecular weight excluding hydrogens is 254 g/mol. The predicted octanol–water partition coefficient (Wildman–Crippen LogP) is 2.27. The molecule has 0 bridgehead atoms. The Bertz CT molecular complexity index is 482. The molecule has 1 amide bonds. The average Bonchev–Trinajstić information content (AvgIpc) is 2.37. The van der Waals surface area contributed by atoms with Gasteiger partial charge in [-0.3, -0.25) is 9.88 Å². The van der Waals surface area contributed by atoms with Crippen molar-refractivity contribution in [2.75, 3.05) is 19.6 Å². The van der Waals surface area contributed by atoms with Crippen LogP contribution in [0.5, 0.6) is 0 Å². The van der Waals surface area contributed by atoms with Gasteiger partial charge in [-0.1, -0.05) is 0 Å². The Morgan fingerprint density at radius 2 is 2.25 bits per heavy atom. The Kier molecular flexibility index (Phi) is 4.28. The third kappa shape index (κ3) is 3.48. The van der Waals surface area contributed by atoms with Crippen LogP contribution >= 0.6 is 0 Å². The van der Waals surface area contributed by atoms with Crippen LogP contribution in [-0.4, -0.2) is 41.2 Å². The third-order valence-corrected chi connectivity index (χ3v) is 3.31. The summed E-state index contributed by atoms with van der Waals surface area (Å²) in [5.74, 6) is 0. The van der Waals surface area contributed by atoms with Gasteiger partial charge in [-0.15, -0.1) is 0 Å². The van der Waals surface area contributed by atoms with E-state index in [1.54, 1.807) is 11.1 Å². The maximum atomic E-state index is 12.4. The summed E-state index contributed by atoms with van der Waals surface area (Å²) in [6, 6.07) is 1.95. The molecule has 0 aromatic carbocycles. The van der Waals surface area contributed by atoms with Crippen LogP contribution in [0.3, 0.4) is 0 Å². The Morgan fingerprint density at radius 1 is 1.50 bits per heavy atom. The highest BCUT2D eigenvalue weighted by Gasteiger charge is 2.32. The molecule has 1 aliphatic heterocycles. The van der Waals surface area contributed by atoms with Crippen LogP contribution in [0.15, 0.2) is 18.5 Å². The van der Waals surface area contributed by atoms with Crippen molar-refractivity contribution >= 4 is 6.09 Å². The topological polar surface area (TPSA) is 54.5 Å². The lowest BCUT2D eigenvalue weighted by Crippen LogP contribution is -2.50. The number of carbonyl (C=O) groups is 1. The molecule has 5 nitrogen and oxygen atoms in total. The fourth-order valence-electron chi connectivity index (χ4n) is 2.35. The predicted molar refractivity (Wildman–Crippen MR) is 77.5 cm³/mol. The second-order valence-electron chi connectivity index (χ2n) is 6.13. The van der Waals surface area contributed by atoms with Crippen LogP contribution in [0, 0.1) is 6.92 Å². The van der Waals surface area contributed by atoms with Crippen molar-refractivity contribution in [3.63, 3.8) is 0 Å². The van der Waals surface area contributed by atoms with Gasteiger partial charge in [0, 0.05) is 32.0 Å². The first-order valence-electron chi connectivity index (χ1n) is 6.99. The summed E-state index contributed by atoms with van der Waals surface area (Å²) in [7, 11) is 0. The summed E-state index contributed by atoms with van der Waals surface area (Å²) >= 11 is 0. The van der Waals surface area contributed by atoms with Crippen LogP contribution in [0.4, 0.5) is 4.79 Å². The van der Waals surface area contributed by atoms with E-state index < -0.39 is 5.60 Å². The van der Waals surface area contributed by atoms with Gasteiger partial charge < -0.3 is 10.1 Å². The van der Waals surface area contributed by atoms with E-state index in [4.69, 9.17) is 4.74 Å². The second-order valence-corrected chi connectivity index (χ2v) is 6.13. The molecule has 20 heavy (non-hydrogen) atoms. The zero-order chi connectivity index (χ0) is 14.8. The average molecular weight is 277 g/mol. The van der Waals surface area contributed by atoms with Crippen LogP contribution in [0.1, 0.15) is 37.9 Å². The maximum Gasteiger partial charge on any atom is 0.410 e. The highest BCUT2D eigenvalue weighted by Crippen LogP contribution is 2.26. The molecule has 1 saturated heterocycles. The maximum absolute atomic E-state index is 12.4. The third-order valence-electron chi connectivity index (χ3n) is 3.31. The molecule has 0 radical (unpaired) electrons. The van der Waals surface area contributed by atoms with Crippen molar-refractivity contribution in [3.05, 3.63) is 29.6 Å². The Hall–Kier alpha value is -1.62. The highest BCUT2D eigenvalue weighted by molar-refractivity contribution is 5.69. The zero-order valence-corrected chi connectivity index (χ0v) is 12.6. The first kappa shape index (κ1) is 14.8. The van der Waals surface area contributed by atoms with Gasteiger partial charge in [-0.25, -0.2) is 4.79 Å². The Morgan fingerprint density at radius 3 is 2.90 bits per heavy atom. The van der Waals surface area contributed by atoms with E-state index in [1.807, 2.05) is 40.0 Å². The van der Waals surface area contributed by atoms with E-state index in [1.165, 1.54) is 0 Å². The number of piperazine rings is 1. The number of hydrogen-bond donors (Lipinski definition) is 1. The number of rotatable bonds is 1. The molecule has 1 fully saturated rings. The summed E-state index contributed by atoms with van der Waals surface area (Å²) in [4.78, 5) is 18.3. The van der Waals surface area contributed by atoms with Crippen LogP contribution in [0.25, 0.3) is 0 Å². The summed E-state index contributed by atoms with van der Waals surface area (Å²) < 4.78 is 5.51. The summed E-state index contributed by atoms with van der Waals surface area (Å²) in [5.41, 5.74) is 1.74. The van der Waals surface area contributed by atoms with E-state index in [2.05, 4.69) is 10.3 Å². The molecule has 1 aromatic heterocycles. The number of nitrogens with one attached hydrogen (secondary N) is 1. The fourth-order valence-corrected chi connectivity index (χ4v) is 2.35. The minimum Gasteiger partial charge on any atom is -0.444 e. The van der Waals surface area contributed by atoms with E-state index in [-0.39, 0.29) is 12.1 Å². The molecule has 0 aliphatic carbocycles. The number of pyridine rings is 1. The monoisotopic (exact) mass is 277 g/mol. The van der Waals surface area contributed by atoms with Gasteiger partial charge in [0.25, 0.3) is 0 Å². The first-order valence-corrected chi connectivity index (χ1v) is 6.99. The number of carbonyl (C=O) groups excluding carboxylic acids is 1. The lowest BCUT2D eigenvalue weighted by molar-refractivity contribution is 0.0117. The Labute approximate surface area is 120 Å². The van der Waals surface area contributed by atoms with Crippen molar-refractivity contribution in [1.82, 2.24) is 15.2 Å².